The Morgan fingerprint density at radius 1 is 0.452 bits per heavy atom. The third-order valence-electron chi connectivity index (χ3n) is 8.19. The summed E-state index contributed by atoms with van der Waals surface area (Å²) in [7, 11) is 0. The predicted molar refractivity (Wildman–Crippen MR) is 178 cm³/mol. The lowest BCUT2D eigenvalue weighted by Gasteiger charge is -2.13. The number of hydrogen-bond acceptors (Lipinski definition) is 3. The van der Waals surface area contributed by atoms with Crippen LogP contribution in [0.15, 0.2) is 140 Å². The third-order valence-corrected chi connectivity index (χ3v) is 9.32. The van der Waals surface area contributed by atoms with Crippen LogP contribution < -0.4 is 0 Å². The molecule has 9 rings (SSSR count). The molecule has 4 heteroatoms. The van der Waals surface area contributed by atoms with Gasteiger partial charge in [-0.1, -0.05) is 97.1 Å². The van der Waals surface area contributed by atoms with Crippen LogP contribution in [0.1, 0.15) is 0 Å². The average molecular weight is 554 g/mol. The maximum Gasteiger partial charge on any atom is 0.160 e. The van der Waals surface area contributed by atoms with Crippen molar-refractivity contribution in [3.63, 3.8) is 0 Å². The third kappa shape index (κ3) is 3.52. The van der Waals surface area contributed by atoms with Gasteiger partial charge in [-0.25, -0.2) is 9.97 Å². The van der Waals surface area contributed by atoms with Crippen molar-refractivity contribution >= 4 is 64.2 Å². The zero-order valence-corrected chi connectivity index (χ0v) is 23.3. The maximum atomic E-state index is 5.13. The molecule has 6 aromatic carbocycles. The summed E-state index contributed by atoms with van der Waals surface area (Å²) >= 11 is 1.86. The monoisotopic (exact) mass is 553 g/mol. The van der Waals surface area contributed by atoms with Crippen molar-refractivity contribution in [2.45, 2.75) is 0 Å². The van der Waals surface area contributed by atoms with E-state index in [0.717, 1.165) is 39.2 Å². The van der Waals surface area contributed by atoms with E-state index >= 15 is 0 Å². The molecule has 0 bridgehead atoms. The zero-order valence-electron chi connectivity index (χ0n) is 22.5. The first kappa shape index (κ1) is 23.4. The Kier molecular flexibility index (Phi) is 5.07. The summed E-state index contributed by atoms with van der Waals surface area (Å²) < 4.78 is 5.02. The molecule has 0 aliphatic carbocycles. The van der Waals surface area contributed by atoms with Gasteiger partial charge in [-0.15, -0.1) is 11.3 Å². The summed E-state index contributed by atoms with van der Waals surface area (Å²) in [6.07, 6.45) is 0. The van der Waals surface area contributed by atoms with Crippen molar-refractivity contribution in [2.24, 2.45) is 0 Å². The highest BCUT2D eigenvalue weighted by Crippen LogP contribution is 2.41. The zero-order chi connectivity index (χ0) is 27.6. The van der Waals surface area contributed by atoms with Gasteiger partial charge < -0.3 is 4.57 Å². The van der Waals surface area contributed by atoms with Crippen LogP contribution in [0.2, 0.25) is 0 Å². The van der Waals surface area contributed by atoms with Crippen molar-refractivity contribution in [1.29, 1.82) is 0 Å². The smallest absolute Gasteiger partial charge is 0.160 e. The van der Waals surface area contributed by atoms with Crippen molar-refractivity contribution in [1.82, 2.24) is 14.5 Å². The minimum Gasteiger partial charge on any atom is -0.309 e. The lowest BCUT2D eigenvalue weighted by molar-refractivity contribution is 1.18. The first-order chi connectivity index (χ1) is 20.8. The largest absolute Gasteiger partial charge is 0.309 e. The molecule has 0 spiro atoms. The van der Waals surface area contributed by atoms with Crippen LogP contribution in [0.5, 0.6) is 0 Å². The van der Waals surface area contributed by atoms with Gasteiger partial charge in [0.25, 0.3) is 0 Å². The topological polar surface area (TPSA) is 30.7 Å². The molecule has 0 atom stereocenters. The average Bonchev–Trinajstić information content (AvgIpc) is 3.58. The van der Waals surface area contributed by atoms with E-state index < -0.39 is 0 Å². The second-order valence-corrected chi connectivity index (χ2v) is 11.7. The fraction of sp³-hybridized carbons (Fsp3) is 0. The number of para-hydroxylation sites is 1. The predicted octanol–water partition coefficient (Wildman–Crippen LogP) is 10.4. The van der Waals surface area contributed by atoms with E-state index in [1.54, 1.807) is 0 Å². The van der Waals surface area contributed by atoms with Crippen LogP contribution in [0, 0.1) is 0 Å². The highest BCUT2D eigenvalue weighted by molar-refractivity contribution is 7.25. The summed E-state index contributed by atoms with van der Waals surface area (Å²) in [5.41, 5.74) is 7.45. The molecule has 0 aliphatic rings. The van der Waals surface area contributed by atoms with Crippen molar-refractivity contribution in [3.8, 4) is 28.3 Å². The summed E-state index contributed by atoms with van der Waals surface area (Å²) in [4.78, 5) is 10.2. The first-order valence-electron chi connectivity index (χ1n) is 14.1. The molecule has 9 aromatic rings. The Bertz CT molecular complexity index is 2460. The van der Waals surface area contributed by atoms with Crippen LogP contribution >= 0.6 is 11.3 Å². The Hall–Kier alpha value is -5.32. The molecule has 0 saturated heterocycles. The molecular weight excluding hydrogens is 531 g/mol. The van der Waals surface area contributed by atoms with Crippen molar-refractivity contribution < 1.29 is 0 Å². The van der Waals surface area contributed by atoms with Gasteiger partial charge >= 0.3 is 0 Å². The summed E-state index contributed by atoms with van der Waals surface area (Å²) in [5, 5.41) is 6.19. The minimum absolute atomic E-state index is 0.735. The van der Waals surface area contributed by atoms with Gasteiger partial charge in [-0.2, -0.15) is 0 Å². The number of fused-ring (bicyclic) bond motifs is 7. The second-order valence-electron chi connectivity index (χ2n) is 10.6. The lowest BCUT2D eigenvalue weighted by Crippen LogP contribution is -1.98. The van der Waals surface area contributed by atoms with Gasteiger partial charge in [-0.3, -0.25) is 0 Å². The fourth-order valence-electron chi connectivity index (χ4n) is 6.25. The molecule has 0 saturated carbocycles. The minimum atomic E-state index is 0.735. The second kappa shape index (κ2) is 9.10. The van der Waals surface area contributed by atoms with Gasteiger partial charge in [0, 0.05) is 53.1 Å². The van der Waals surface area contributed by atoms with Crippen molar-refractivity contribution in [3.05, 3.63) is 140 Å². The maximum absolute atomic E-state index is 5.13. The number of benzene rings is 6. The molecule has 3 aromatic heterocycles. The van der Waals surface area contributed by atoms with Crippen LogP contribution in [-0.4, -0.2) is 14.5 Å². The van der Waals surface area contributed by atoms with Crippen LogP contribution in [-0.2, 0) is 0 Å². The molecular formula is C38H23N3S. The van der Waals surface area contributed by atoms with E-state index in [4.69, 9.17) is 9.97 Å². The van der Waals surface area contributed by atoms with E-state index in [1.165, 1.54) is 42.0 Å². The normalized spacial score (nSPS) is 11.8. The highest BCUT2D eigenvalue weighted by Gasteiger charge is 2.17. The molecule has 42 heavy (non-hydrogen) atoms. The van der Waals surface area contributed by atoms with Crippen LogP contribution in [0.4, 0.5) is 0 Å². The van der Waals surface area contributed by atoms with Gasteiger partial charge in [0.15, 0.2) is 5.82 Å². The highest BCUT2D eigenvalue weighted by atomic mass is 32.1. The molecule has 0 N–H and O–H groups in total. The SMILES string of the molecule is c1ccc(-c2nc(-c3ccccc3)c3cc(-n4c5ccccc5c5cc6c(cc54)sc4ccccc46)ccc3n2)cc1. The number of hydrogen-bond donors (Lipinski definition) is 0. The Balaban J connectivity index is 1.35. The molecule has 0 radical (unpaired) electrons. The van der Waals surface area contributed by atoms with Gasteiger partial charge in [0.1, 0.15) is 0 Å². The molecule has 0 aliphatic heterocycles. The first-order valence-corrected chi connectivity index (χ1v) is 14.9. The van der Waals surface area contributed by atoms with Crippen LogP contribution in [0.3, 0.4) is 0 Å². The van der Waals surface area contributed by atoms with Crippen molar-refractivity contribution in [2.75, 3.05) is 0 Å². The molecule has 0 fully saturated rings. The van der Waals surface area contributed by atoms with E-state index in [1.807, 2.05) is 35.6 Å². The van der Waals surface area contributed by atoms with Crippen LogP contribution in [0.25, 0.3) is 81.2 Å². The summed E-state index contributed by atoms with van der Waals surface area (Å²) in [6, 6.07) is 49.4. The summed E-state index contributed by atoms with van der Waals surface area (Å²) in [6.45, 7) is 0. The Morgan fingerprint density at radius 3 is 2.00 bits per heavy atom. The standard InChI is InChI=1S/C38H23N3S/c1-3-11-24(12-4-1)37-31-21-26(19-20-32(31)39-38(40-37)25-13-5-2-6-14-25)41-33-17-9-7-15-27(33)29-22-30-28-16-8-10-18-35(28)42-36(30)23-34(29)41/h1-23H. The quantitative estimate of drug-likeness (QED) is 0.218. The van der Waals surface area contributed by atoms with Gasteiger partial charge in [0.2, 0.25) is 0 Å². The molecule has 196 valence electrons. The van der Waals surface area contributed by atoms with E-state index in [2.05, 4.69) is 120 Å². The number of thiophene rings is 1. The molecule has 0 amide bonds. The van der Waals surface area contributed by atoms with E-state index in [9.17, 15) is 0 Å². The Labute approximate surface area is 246 Å². The number of aromatic nitrogens is 3. The van der Waals surface area contributed by atoms with Gasteiger partial charge in [-0.05, 0) is 42.5 Å². The summed E-state index contributed by atoms with van der Waals surface area (Å²) in [5.74, 6) is 0.735. The number of rotatable bonds is 3. The Morgan fingerprint density at radius 2 is 1.17 bits per heavy atom. The van der Waals surface area contributed by atoms with E-state index in [-0.39, 0.29) is 0 Å². The molecule has 3 heterocycles. The van der Waals surface area contributed by atoms with Gasteiger partial charge in [0.05, 0.1) is 22.2 Å². The number of nitrogens with zero attached hydrogens (tertiary/aromatic N) is 3. The molecule has 3 nitrogen and oxygen atoms in total. The van der Waals surface area contributed by atoms with E-state index in [0.29, 0.717) is 0 Å². The lowest BCUT2D eigenvalue weighted by atomic mass is 10.0. The fourth-order valence-corrected chi connectivity index (χ4v) is 7.37. The molecule has 0 unspecified atom stereocenters.